The lowest BCUT2D eigenvalue weighted by Crippen LogP contribution is -2.38. The molecular formula is C20H28N4O. The average Bonchev–Trinajstić information content (AvgIpc) is 3.24. The van der Waals surface area contributed by atoms with Gasteiger partial charge < -0.3 is 5.32 Å². The largest absolute Gasteiger partial charge is 0.355 e. The van der Waals surface area contributed by atoms with E-state index in [0.29, 0.717) is 5.92 Å². The number of carbonyl (C=O) groups excluding carboxylic acids is 1. The van der Waals surface area contributed by atoms with E-state index >= 15 is 0 Å². The molecule has 1 amide bonds. The highest BCUT2D eigenvalue weighted by Crippen LogP contribution is 2.20. The maximum Gasteiger partial charge on any atom is 0.225 e. The number of nitrogens with zero attached hydrogens (tertiary/aromatic N) is 3. The number of hydrogen-bond donors (Lipinski definition) is 1. The van der Waals surface area contributed by atoms with Gasteiger partial charge in [-0.05, 0) is 42.6 Å². The van der Waals surface area contributed by atoms with Crippen molar-refractivity contribution in [3.63, 3.8) is 0 Å². The Bertz CT molecular complexity index is 685. The van der Waals surface area contributed by atoms with Crippen molar-refractivity contribution in [1.29, 1.82) is 0 Å². The third-order valence-electron chi connectivity index (χ3n) is 4.71. The van der Waals surface area contributed by atoms with E-state index in [9.17, 15) is 4.79 Å². The van der Waals surface area contributed by atoms with Gasteiger partial charge in [0.2, 0.25) is 5.91 Å². The van der Waals surface area contributed by atoms with Crippen LogP contribution in [0.1, 0.15) is 32.8 Å². The van der Waals surface area contributed by atoms with Crippen LogP contribution in [0.3, 0.4) is 0 Å². The van der Waals surface area contributed by atoms with E-state index in [1.807, 2.05) is 37.7 Å². The number of rotatable bonds is 5. The minimum atomic E-state index is -0.311. The van der Waals surface area contributed by atoms with Crippen LogP contribution in [0.25, 0.3) is 5.69 Å². The first-order chi connectivity index (χ1) is 11.9. The topological polar surface area (TPSA) is 50.2 Å². The fraction of sp³-hybridized carbons (Fsp3) is 0.500. The Morgan fingerprint density at radius 2 is 2.04 bits per heavy atom. The van der Waals surface area contributed by atoms with Crippen molar-refractivity contribution in [2.24, 2.45) is 11.3 Å². The zero-order valence-electron chi connectivity index (χ0n) is 15.4. The van der Waals surface area contributed by atoms with Gasteiger partial charge in [-0.15, -0.1) is 0 Å². The standard InChI is InChI=1S/C20H28N4O/c1-20(2,3)19(25)21-13-17-9-12-23(15-17)14-16-5-7-18(8-6-16)24-11-4-10-22-24/h4-8,10-11,17H,9,12-15H2,1-3H3,(H,21,25). The lowest BCUT2D eigenvalue weighted by atomic mass is 9.95. The Morgan fingerprint density at radius 1 is 1.28 bits per heavy atom. The molecule has 1 aromatic carbocycles. The van der Waals surface area contributed by atoms with E-state index in [1.54, 1.807) is 6.20 Å². The molecule has 1 unspecified atom stereocenters. The highest BCUT2D eigenvalue weighted by atomic mass is 16.2. The molecule has 1 aliphatic rings. The molecule has 1 aliphatic heterocycles. The molecule has 3 rings (SSSR count). The van der Waals surface area contributed by atoms with E-state index in [-0.39, 0.29) is 11.3 Å². The van der Waals surface area contributed by atoms with Crippen LogP contribution < -0.4 is 5.32 Å². The summed E-state index contributed by atoms with van der Waals surface area (Å²) in [7, 11) is 0. The van der Waals surface area contributed by atoms with E-state index in [0.717, 1.165) is 38.3 Å². The molecule has 0 radical (unpaired) electrons. The summed E-state index contributed by atoms with van der Waals surface area (Å²) in [6.45, 7) is 9.75. The van der Waals surface area contributed by atoms with Crippen LogP contribution in [-0.4, -0.2) is 40.2 Å². The zero-order chi connectivity index (χ0) is 17.9. The Kier molecular flexibility index (Phi) is 5.23. The van der Waals surface area contributed by atoms with E-state index < -0.39 is 0 Å². The molecule has 134 valence electrons. The van der Waals surface area contributed by atoms with Crippen molar-refractivity contribution in [3.8, 4) is 5.69 Å². The summed E-state index contributed by atoms with van der Waals surface area (Å²) in [5, 5.41) is 7.35. The fourth-order valence-corrected chi connectivity index (χ4v) is 3.16. The quantitative estimate of drug-likeness (QED) is 0.910. The maximum absolute atomic E-state index is 12.0. The molecule has 1 fully saturated rings. The molecule has 2 heterocycles. The molecule has 5 heteroatoms. The molecule has 1 N–H and O–H groups in total. The Morgan fingerprint density at radius 3 is 2.68 bits per heavy atom. The van der Waals surface area contributed by atoms with Crippen LogP contribution in [0.4, 0.5) is 0 Å². The number of benzene rings is 1. The summed E-state index contributed by atoms with van der Waals surface area (Å²) in [5.41, 5.74) is 2.09. The van der Waals surface area contributed by atoms with Gasteiger partial charge in [0.15, 0.2) is 0 Å². The molecule has 1 atom stereocenters. The molecule has 0 aliphatic carbocycles. The van der Waals surface area contributed by atoms with Gasteiger partial charge in [0.05, 0.1) is 5.69 Å². The van der Waals surface area contributed by atoms with E-state index in [4.69, 9.17) is 0 Å². The van der Waals surface area contributed by atoms with Gasteiger partial charge in [0.25, 0.3) is 0 Å². The number of carbonyl (C=O) groups is 1. The second-order valence-electron chi connectivity index (χ2n) is 7.97. The van der Waals surface area contributed by atoms with Crippen molar-refractivity contribution in [1.82, 2.24) is 20.0 Å². The predicted molar refractivity (Wildman–Crippen MR) is 99.4 cm³/mol. The van der Waals surface area contributed by atoms with Gasteiger partial charge in [-0.3, -0.25) is 9.69 Å². The second kappa shape index (κ2) is 7.40. The van der Waals surface area contributed by atoms with Gasteiger partial charge in [-0.25, -0.2) is 4.68 Å². The number of aromatic nitrogens is 2. The highest BCUT2D eigenvalue weighted by molar-refractivity contribution is 5.81. The third-order valence-corrected chi connectivity index (χ3v) is 4.71. The Balaban J connectivity index is 1.47. The Labute approximate surface area is 150 Å². The summed E-state index contributed by atoms with van der Waals surface area (Å²) in [6.07, 6.45) is 4.89. The minimum absolute atomic E-state index is 0.139. The van der Waals surface area contributed by atoms with Crippen molar-refractivity contribution in [2.75, 3.05) is 19.6 Å². The fourth-order valence-electron chi connectivity index (χ4n) is 3.16. The summed E-state index contributed by atoms with van der Waals surface area (Å²) in [5.74, 6) is 0.690. The van der Waals surface area contributed by atoms with Crippen LogP contribution in [-0.2, 0) is 11.3 Å². The van der Waals surface area contributed by atoms with Crippen molar-refractivity contribution < 1.29 is 4.79 Å². The molecular weight excluding hydrogens is 312 g/mol. The van der Waals surface area contributed by atoms with Crippen LogP contribution in [0.15, 0.2) is 42.7 Å². The molecule has 1 aromatic heterocycles. The van der Waals surface area contributed by atoms with Crippen LogP contribution in [0, 0.1) is 11.3 Å². The van der Waals surface area contributed by atoms with Crippen molar-refractivity contribution in [2.45, 2.75) is 33.7 Å². The van der Waals surface area contributed by atoms with E-state index in [2.05, 4.69) is 39.6 Å². The number of amides is 1. The number of hydrogen-bond acceptors (Lipinski definition) is 3. The zero-order valence-corrected chi connectivity index (χ0v) is 15.4. The molecule has 0 saturated carbocycles. The van der Waals surface area contributed by atoms with Crippen LogP contribution >= 0.6 is 0 Å². The second-order valence-corrected chi connectivity index (χ2v) is 7.97. The van der Waals surface area contributed by atoms with Gasteiger partial charge in [0.1, 0.15) is 0 Å². The van der Waals surface area contributed by atoms with Gasteiger partial charge in [0, 0.05) is 37.4 Å². The highest BCUT2D eigenvalue weighted by Gasteiger charge is 2.25. The first kappa shape index (κ1) is 17.7. The molecule has 5 nitrogen and oxygen atoms in total. The number of nitrogens with one attached hydrogen (secondary N) is 1. The monoisotopic (exact) mass is 340 g/mol. The average molecular weight is 340 g/mol. The first-order valence-corrected chi connectivity index (χ1v) is 9.01. The normalized spacial score (nSPS) is 18.4. The molecule has 0 spiro atoms. The van der Waals surface area contributed by atoms with Crippen molar-refractivity contribution >= 4 is 5.91 Å². The van der Waals surface area contributed by atoms with Gasteiger partial charge >= 0.3 is 0 Å². The molecule has 1 saturated heterocycles. The summed E-state index contributed by atoms with van der Waals surface area (Å²) < 4.78 is 1.87. The van der Waals surface area contributed by atoms with Gasteiger partial charge in [-0.1, -0.05) is 32.9 Å². The van der Waals surface area contributed by atoms with E-state index in [1.165, 1.54) is 5.56 Å². The molecule has 2 aromatic rings. The lowest BCUT2D eigenvalue weighted by Gasteiger charge is -2.20. The number of likely N-dealkylation sites (tertiary alicyclic amines) is 1. The lowest BCUT2D eigenvalue weighted by molar-refractivity contribution is -0.128. The molecule has 0 bridgehead atoms. The summed E-state index contributed by atoms with van der Waals surface area (Å²) >= 11 is 0. The summed E-state index contributed by atoms with van der Waals surface area (Å²) in [4.78, 5) is 14.5. The smallest absolute Gasteiger partial charge is 0.225 e. The van der Waals surface area contributed by atoms with Gasteiger partial charge in [-0.2, -0.15) is 5.10 Å². The maximum atomic E-state index is 12.0. The van der Waals surface area contributed by atoms with Crippen LogP contribution in [0.2, 0.25) is 0 Å². The third kappa shape index (κ3) is 4.69. The minimum Gasteiger partial charge on any atom is -0.355 e. The van der Waals surface area contributed by atoms with Crippen LogP contribution in [0.5, 0.6) is 0 Å². The SMILES string of the molecule is CC(C)(C)C(=O)NCC1CCN(Cc2ccc(-n3cccn3)cc2)C1. The Hall–Kier alpha value is -2.14. The first-order valence-electron chi connectivity index (χ1n) is 9.01. The summed E-state index contributed by atoms with van der Waals surface area (Å²) in [6, 6.07) is 10.5. The predicted octanol–water partition coefficient (Wildman–Crippen LogP) is 2.86. The van der Waals surface area contributed by atoms with Crippen molar-refractivity contribution in [3.05, 3.63) is 48.3 Å². The molecule has 25 heavy (non-hydrogen) atoms.